The van der Waals surface area contributed by atoms with E-state index in [2.05, 4.69) is 65.2 Å². The van der Waals surface area contributed by atoms with Gasteiger partial charge in [-0.05, 0) is 24.3 Å². The van der Waals surface area contributed by atoms with Crippen LogP contribution in [0, 0.1) is 0 Å². The van der Waals surface area contributed by atoms with Crippen LogP contribution in [0.1, 0.15) is 0 Å². The van der Waals surface area contributed by atoms with E-state index in [0.717, 1.165) is 82.9 Å². The lowest BCUT2D eigenvalue weighted by Gasteiger charge is -2.14. The van der Waals surface area contributed by atoms with Gasteiger partial charge in [-0.15, -0.1) is 0 Å². The summed E-state index contributed by atoms with van der Waals surface area (Å²) in [6.07, 6.45) is 0. The fourth-order valence-corrected chi connectivity index (χ4v) is 7.69. The lowest BCUT2D eigenvalue weighted by atomic mass is 10.0. The van der Waals surface area contributed by atoms with Crippen molar-refractivity contribution in [2.24, 2.45) is 0 Å². The van der Waals surface area contributed by atoms with Gasteiger partial charge < -0.3 is 4.42 Å². The first-order valence-corrected chi connectivity index (χ1v) is 18.5. The van der Waals surface area contributed by atoms with Gasteiger partial charge in [0.05, 0.1) is 27.8 Å². The molecule has 7 nitrogen and oxygen atoms in total. The Kier molecular flexibility index (Phi) is 7.35. The number of fused-ring (bicyclic) bond motifs is 7. The van der Waals surface area contributed by atoms with Crippen molar-refractivity contribution >= 4 is 43.7 Å². The monoisotopic (exact) mass is 718 g/mol. The SMILES string of the molecule is c1ccc(-c2cc(-c3ccccc3)nc(-c3cc4c5ccccc5oc4c4c5ccccc5n(-c5nc(-c6ccccc6)nc(-c6ccccc6)n5)c34)n2)cc1. The van der Waals surface area contributed by atoms with Crippen LogP contribution in [0.3, 0.4) is 0 Å². The molecule has 11 rings (SSSR count). The molecule has 4 heterocycles. The maximum absolute atomic E-state index is 6.78. The minimum absolute atomic E-state index is 0.475. The second-order valence-corrected chi connectivity index (χ2v) is 13.7. The Morgan fingerprint density at radius 3 is 1.48 bits per heavy atom. The van der Waals surface area contributed by atoms with Gasteiger partial charge in [0, 0.05) is 44.0 Å². The van der Waals surface area contributed by atoms with Gasteiger partial charge >= 0.3 is 0 Å². The summed E-state index contributed by atoms with van der Waals surface area (Å²) in [5.41, 5.74) is 9.58. The molecule has 0 aliphatic rings. The minimum atomic E-state index is 0.475. The minimum Gasteiger partial charge on any atom is -0.455 e. The molecule has 0 unspecified atom stereocenters. The van der Waals surface area contributed by atoms with Crippen LogP contribution in [0.2, 0.25) is 0 Å². The zero-order valence-electron chi connectivity index (χ0n) is 29.9. The fraction of sp³-hybridized carbons (Fsp3) is 0. The van der Waals surface area contributed by atoms with E-state index in [-0.39, 0.29) is 0 Å². The van der Waals surface area contributed by atoms with E-state index in [1.54, 1.807) is 0 Å². The molecule has 0 aliphatic carbocycles. The molecule has 0 saturated carbocycles. The summed E-state index contributed by atoms with van der Waals surface area (Å²) in [6.45, 7) is 0. The molecule has 0 N–H and O–H groups in total. The summed E-state index contributed by atoms with van der Waals surface area (Å²) in [4.78, 5) is 26.2. The van der Waals surface area contributed by atoms with Crippen LogP contribution < -0.4 is 0 Å². The molecule has 7 heteroatoms. The first-order valence-electron chi connectivity index (χ1n) is 18.5. The van der Waals surface area contributed by atoms with Crippen LogP contribution in [0.25, 0.3) is 106 Å². The molecule has 11 aromatic rings. The number of rotatable bonds is 6. The maximum Gasteiger partial charge on any atom is 0.238 e. The molecule has 0 atom stereocenters. The number of benzene rings is 7. The predicted molar refractivity (Wildman–Crippen MR) is 224 cm³/mol. The number of hydrogen-bond acceptors (Lipinski definition) is 6. The van der Waals surface area contributed by atoms with E-state index in [1.165, 1.54) is 0 Å². The highest BCUT2D eigenvalue weighted by Crippen LogP contribution is 2.45. The van der Waals surface area contributed by atoms with Crippen LogP contribution in [-0.2, 0) is 0 Å². The van der Waals surface area contributed by atoms with Crippen molar-refractivity contribution in [2.45, 2.75) is 0 Å². The molecule has 0 fully saturated rings. The van der Waals surface area contributed by atoms with Crippen molar-refractivity contribution in [3.63, 3.8) is 0 Å². The van der Waals surface area contributed by atoms with Crippen molar-refractivity contribution in [3.8, 4) is 62.6 Å². The van der Waals surface area contributed by atoms with Crippen molar-refractivity contribution in [1.82, 2.24) is 29.5 Å². The van der Waals surface area contributed by atoms with Crippen molar-refractivity contribution in [3.05, 3.63) is 182 Å². The predicted octanol–water partition coefficient (Wildman–Crippen LogP) is 12.0. The van der Waals surface area contributed by atoms with Crippen LogP contribution in [0.5, 0.6) is 0 Å². The average molecular weight is 719 g/mol. The molecule has 0 bridgehead atoms. The Morgan fingerprint density at radius 2 is 0.893 bits per heavy atom. The van der Waals surface area contributed by atoms with Crippen molar-refractivity contribution in [1.29, 1.82) is 0 Å². The molecule has 0 saturated heterocycles. The molecule has 0 radical (unpaired) electrons. The lowest BCUT2D eigenvalue weighted by Crippen LogP contribution is -2.07. The highest BCUT2D eigenvalue weighted by atomic mass is 16.3. The first-order chi connectivity index (χ1) is 27.8. The van der Waals surface area contributed by atoms with Crippen molar-refractivity contribution < 1.29 is 4.42 Å². The number of furan rings is 1. The first kappa shape index (κ1) is 31.7. The number of hydrogen-bond donors (Lipinski definition) is 0. The van der Waals surface area contributed by atoms with E-state index < -0.39 is 0 Å². The van der Waals surface area contributed by atoms with E-state index in [9.17, 15) is 0 Å². The highest BCUT2D eigenvalue weighted by Gasteiger charge is 2.26. The van der Waals surface area contributed by atoms with Gasteiger partial charge in [-0.1, -0.05) is 158 Å². The molecule has 262 valence electrons. The van der Waals surface area contributed by atoms with Gasteiger partial charge in [0.25, 0.3) is 0 Å². The lowest BCUT2D eigenvalue weighted by molar-refractivity contribution is 0.673. The third kappa shape index (κ3) is 5.25. The molecule has 4 aromatic heterocycles. The zero-order chi connectivity index (χ0) is 37.0. The molecule has 0 spiro atoms. The largest absolute Gasteiger partial charge is 0.455 e. The second-order valence-electron chi connectivity index (χ2n) is 13.7. The Balaban J connectivity index is 1.31. The Bertz CT molecular complexity index is 3120. The molecular formula is C49H30N6O. The van der Waals surface area contributed by atoms with Crippen LogP contribution in [-0.4, -0.2) is 29.5 Å². The maximum atomic E-state index is 6.78. The number of aromatic nitrogens is 6. The van der Waals surface area contributed by atoms with Crippen LogP contribution in [0.15, 0.2) is 186 Å². The summed E-state index contributed by atoms with van der Waals surface area (Å²) in [5.74, 6) is 2.19. The Hall–Kier alpha value is -7.77. The summed E-state index contributed by atoms with van der Waals surface area (Å²) >= 11 is 0. The summed E-state index contributed by atoms with van der Waals surface area (Å²) in [7, 11) is 0. The standard InChI is InChI=1S/C49H30N6O/c1-5-17-31(18-6-1)39-30-40(32-19-7-2-8-20-32)51-48(50-39)38-29-37-35-25-14-16-28-42(35)56-45(37)43-36-26-13-15-27-41(36)55(44(38)43)49-53-46(33-21-9-3-10-22-33)52-47(54-49)34-23-11-4-12-24-34/h1-30H. The van der Waals surface area contributed by atoms with Gasteiger partial charge in [0.2, 0.25) is 5.95 Å². The van der Waals surface area contributed by atoms with Crippen LogP contribution in [0.4, 0.5) is 0 Å². The second kappa shape index (κ2) is 13.0. The molecule has 7 aromatic carbocycles. The third-order valence-electron chi connectivity index (χ3n) is 10.3. The van der Waals surface area contributed by atoms with Gasteiger partial charge in [-0.3, -0.25) is 4.57 Å². The summed E-state index contributed by atoms with van der Waals surface area (Å²) in [5, 5.41) is 3.93. The zero-order valence-corrected chi connectivity index (χ0v) is 29.9. The molecule has 0 amide bonds. The van der Waals surface area contributed by atoms with Crippen molar-refractivity contribution in [2.75, 3.05) is 0 Å². The molecule has 0 aliphatic heterocycles. The van der Waals surface area contributed by atoms with Gasteiger partial charge in [-0.25, -0.2) is 15.0 Å². The molecular weight excluding hydrogens is 689 g/mol. The normalized spacial score (nSPS) is 11.6. The summed E-state index contributed by atoms with van der Waals surface area (Å²) < 4.78 is 8.91. The molecule has 56 heavy (non-hydrogen) atoms. The highest BCUT2D eigenvalue weighted by molar-refractivity contribution is 6.27. The van der Waals surface area contributed by atoms with Gasteiger partial charge in [-0.2, -0.15) is 9.97 Å². The van der Waals surface area contributed by atoms with Crippen LogP contribution >= 0.6 is 0 Å². The fourth-order valence-electron chi connectivity index (χ4n) is 7.69. The van der Waals surface area contributed by atoms with E-state index in [1.807, 2.05) is 121 Å². The van der Waals surface area contributed by atoms with E-state index >= 15 is 0 Å². The number of para-hydroxylation sites is 2. The topological polar surface area (TPSA) is 82.5 Å². The summed E-state index contributed by atoms with van der Waals surface area (Å²) in [6, 6.07) is 61.4. The smallest absolute Gasteiger partial charge is 0.238 e. The van der Waals surface area contributed by atoms with E-state index in [4.69, 9.17) is 29.3 Å². The quantitative estimate of drug-likeness (QED) is 0.170. The van der Waals surface area contributed by atoms with Gasteiger partial charge in [0.1, 0.15) is 11.2 Å². The van der Waals surface area contributed by atoms with E-state index in [0.29, 0.717) is 23.4 Å². The average Bonchev–Trinajstić information content (AvgIpc) is 3.83. The Labute approximate surface area is 321 Å². The number of nitrogens with zero attached hydrogens (tertiary/aromatic N) is 6. The Morgan fingerprint density at radius 1 is 0.393 bits per heavy atom. The third-order valence-corrected chi connectivity index (χ3v) is 10.3. The van der Waals surface area contributed by atoms with Gasteiger partial charge in [0.15, 0.2) is 17.5 Å².